The molecule has 2 aliphatic rings. The summed E-state index contributed by atoms with van der Waals surface area (Å²) in [5, 5.41) is 0.746. The van der Waals surface area contributed by atoms with Crippen LogP contribution in [0.2, 0.25) is 5.02 Å². The highest BCUT2D eigenvalue weighted by Gasteiger charge is 2.32. The van der Waals surface area contributed by atoms with Crippen molar-refractivity contribution in [2.45, 2.75) is 39.8 Å². The summed E-state index contributed by atoms with van der Waals surface area (Å²) in [5.74, 6) is 1.42. The van der Waals surface area contributed by atoms with Gasteiger partial charge in [-0.3, -0.25) is 9.69 Å². The summed E-state index contributed by atoms with van der Waals surface area (Å²) in [7, 11) is 0. The fourth-order valence-electron chi connectivity index (χ4n) is 6.38. The Morgan fingerprint density at radius 1 is 0.925 bits per heavy atom. The van der Waals surface area contributed by atoms with Crippen LogP contribution >= 0.6 is 11.6 Å². The van der Waals surface area contributed by atoms with Crippen LogP contribution in [0.15, 0.2) is 66.7 Å². The van der Waals surface area contributed by atoms with Crippen LogP contribution in [-0.2, 0) is 17.9 Å². The number of aromatic nitrogens is 2. The number of imidazole rings is 1. The van der Waals surface area contributed by atoms with E-state index in [0.717, 1.165) is 87.1 Å². The van der Waals surface area contributed by atoms with Gasteiger partial charge in [-0.2, -0.15) is 0 Å². The van der Waals surface area contributed by atoms with Crippen molar-refractivity contribution < 1.29 is 4.79 Å². The molecule has 1 amide bonds. The number of halogens is 1. The number of hydrogen-bond acceptors (Lipinski definition) is 4. The van der Waals surface area contributed by atoms with Crippen molar-refractivity contribution in [2.75, 3.05) is 44.2 Å². The lowest BCUT2D eigenvalue weighted by Crippen LogP contribution is -2.52. The molecule has 0 aliphatic carbocycles. The largest absolute Gasteiger partial charge is 0.368 e. The fraction of sp³-hybridized carbons (Fsp3) is 0.394. The van der Waals surface area contributed by atoms with E-state index >= 15 is 0 Å². The van der Waals surface area contributed by atoms with E-state index in [-0.39, 0.29) is 5.92 Å². The Morgan fingerprint density at radius 2 is 1.70 bits per heavy atom. The van der Waals surface area contributed by atoms with Gasteiger partial charge >= 0.3 is 0 Å². The van der Waals surface area contributed by atoms with Crippen LogP contribution in [0.4, 0.5) is 5.69 Å². The van der Waals surface area contributed by atoms with Crippen molar-refractivity contribution in [1.82, 2.24) is 19.4 Å². The zero-order valence-electron chi connectivity index (χ0n) is 23.5. The first-order chi connectivity index (χ1) is 19.4. The van der Waals surface area contributed by atoms with Crippen molar-refractivity contribution in [3.05, 3.63) is 94.3 Å². The SMILES string of the molecule is Cc1ccc(N2CCN(C(=O)[C@@H]3CCCN(Cc4nc5ccccc5n4Cc4ccc(Cl)cc4)C3)CC2)c(C)c1. The number of likely N-dealkylation sites (tertiary alicyclic amines) is 1. The Morgan fingerprint density at radius 3 is 2.48 bits per heavy atom. The maximum absolute atomic E-state index is 13.6. The van der Waals surface area contributed by atoms with Gasteiger partial charge in [-0.05, 0) is 74.7 Å². The Bertz CT molecular complexity index is 1490. The summed E-state index contributed by atoms with van der Waals surface area (Å²) in [6, 6.07) is 23.0. The maximum atomic E-state index is 13.6. The molecule has 0 spiro atoms. The molecule has 4 aromatic rings. The van der Waals surface area contributed by atoms with Crippen LogP contribution in [0.25, 0.3) is 11.0 Å². The van der Waals surface area contributed by atoms with Crippen molar-refractivity contribution >= 4 is 34.2 Å². The molecule has 1 aromatic heterocycles. The number of para-hydroxylation sites is 2. The molecule has 0 saturated carbocycles. The molecular weight excluding hydrogens is 518 g/mol. The van der Waals surface area contributed by atoms with E-state index in [1.165, 1.54) is 22.4 Å². The van der Waals surface area contributed by atoms with E-state index in [4.69, 9.17) is 16.6 Å². The number of aryl methyl sites for hydroxylation is 2. The molecule has 40 heavy (non-hydrogen) atoms. The summed E-state index contributed by atoms with van der Waals surface area (Å²) < 4.78 is 2.32. The first-order valence-electron chi connectivity index (χ1n) is 14.5. The molecule has 208 valence electrons. The second kappa shape index (κ2) is 11.6. The van der Waals surface area contributed by atoms with Crippen LogP contribution in [-0.4, -0.2) is 64.5 Å². The first kappa shape index (κ1) is 26.9. The molecule has 6 rings (SSSR count). The quantitative estimate of drug-likeness (QED) is 0.296. The van der Waals surface area contributed by atoms with Crippen molar-refractivity contribution in [2.24, 2.45) is 5.92 Å². The number of carbonyl (C=O) groups excluding carboxylic acids is 1. The Labute approximate surface area is 242 Å². The standard InChI is InChI=1S/C33H38ClN5O/c1-24-9-14-30(25(2)20-24)37-16-18-38(19-17-37)33(40)27-6-5-15-36(22-27)23-32-35-29-7-3-4-8-31(29)39(32)21-26-10-12-28(34)13-11-26/h3-4,7-14,20,27H,5-6,15-19,21-23H2,1-2H3/t27-/m1/s1. The summed E-state index contributed by atoms with van der Waals surface area (Å²) in [5.41, 5.74) is 7.24. The molecule has 0 N–H and O–H groups in total. The van der Waals surface area contributed by atoms with Crippen LogP contribution < -0.4 is 4.90 Å². The predicted molar refractivity (Wildman–Crippen MR) is 163 cm³/mol. The number of piperidine rings is 1. The molecule has 2 aliphatic heterocycles. The summed E-state index contributed by atoms with van der Waals surface area (Å²) >= 11 is 6.13. The molecule has 0 radical (unpaired) electrons. The lowest BCUT2D eigenvalue weighted by molar-refractivity contribution is -0.137. The summed E-state index contributed by atoms with van der Waals surface area (Å²) in [6.45, 7) is 11.0. The number of rotatable bonds is 6. The van der Waals surface area contributed by atoms with Crippen LogP contribution in [0.1, 0.15) is 35.4 Å². The van der Waals surface area contributed by atoms with Gasteiger partial charge < -0.3 is 14.4 Å². The average molecular weight is 556 g/mol. The average Bonchev–Trinajstić information content (AvgIpc) is 3.30. The van der Waals surface area contributed by atoms with Gasteiger partial charge in [-0.25, -0.2) is 4.98 Å². The van der Waals surface area contributed by atoms with E-state index < -0.39 is 0 Å². The third-order valence-corrected chi connectivity index (χ3v) is 8.74. The van der Waals surface area contributed by atoms with Crippen LogP contribution in [0.5, 0.6) is 0 Å². The Hall–Kier alpha value is -3.35. The van der Waals surface area contributed by atoms with Gasteiger partial charge in [0.15, 0.2) is 0 Å². The van der Waals surface area contributed by atoms with Gasteiger partial charge in [0, 0.05) is 50.0 Å². The van der Waals surface area contributed by atoms with E-state index in [1.54, 1.807) is 0 Å². The highest BCUT2D eigenvalue weighted by Crippen LogP contribution is 2.26. The smallest absolute Gasteiger partial charge is 0.227 e. The normalized spacial score (nSPS) is 18.4. The highest BCUT2D eigenvalue weighted by molar-refractivity contribution is 6.30. The third-order valence-electron chi connectivity index (χ3n) is 8.49. The lowest BCUT2D eigenvalue weighted by atomic mass is 9.96. The number of fused-ring (bicyclic) bond motifs is 1. The number of benzene rings is 3. The number of anilines is 1. The lowest BCUT2D eigenvalue weighted by Gasteiger charge is -2.40. The molecule has 7 heteroatoms. The second-order valence-electron chi connectivity index (χ2n) is 11.4. The molecular formula is C33H38ClN5O. The molecule has 2 saturated heterocycles. The summed E-state index contributed by atoms with van der Waals surface area (Å²) in [6.07, 6.45) is 2.00. The van der Waals surface area contributed by atoms with Gasteiger partial charge in [0.25, 0.3) is 0 Å². The molecule has 0 bridgehead atoms. The molecule has 3 heterocycles. The minimum absolute atomic E-state index is 0.0514. The first-order valence-corrected chi connectivity index (χ1v) is 14.8. The zero-order chi connectivity index (χ0) is 27.6. The van der Waals surface area contributed by atoms with Crippen molar-refractivity contribution in [1.29, 1.82) is 0 Å². The fourth-order valence-corrected chi connectivity index (χ4v) is 6.51. The molecule has 1 atom stereocenters. The number of nitrogens with zero attached hydrogens (tertiary/aromatic N) is 5. The van der Waals surface area contributed by atoms with Gasteiger partial charge in [0.1, 0.15) is 5.82 Å². The molecule has 6 nitrogen and oxygen atoms in total. The summed E-state index contributed by atoms with van der Waals surface area (Å²) in [4.78, 5) is 25.6. The molecule has 3 aromatic carbocycles. The second-order valence-corrected chi connectivity index (χ2v) is 11.8. The molecule has 2 fully saturated rings. The minimum Gasteiger partial charge on any atom is -0.368 e. The minimum atomic E-state index is 0.0514. The van der Waals surface area contributed by atoms with Crippen LogP contribution in [0, 0.1) is 19.8 Å². The Balaban J connectivity index is 1.12. The Kier molecular flexibility index (Phi) is 7.81. The van der Waals surface area contributed by atoms with E-state index in [1.807, 2.05) is 18.2 Å². The van der Waals surface area contributed by atoms with Gasteiger partial charge in [0.05, 0.1) is 23.5 Å². The van der Waals surface area contributed by atoms with Gasteiger partial charge in [0.2, 0.25) is 5.91 Å². The number of amides is 1. The third kappa shape index (κ3) is 5.74. The number of carbonyl (C=O) groups is 1. The van der Waals surface area contributed by atoms with Gasteiger partial charge in [-0.15, -0.1) is 0 Å². The number of hydrogen-bond donors (Lipinski definition) is 0. The zero-order valence-corrected chi connectivity index (χ0v) is 24.3. The molecule has 0 unspecified atom stereocenters. The number of piperazine rings is 1. The topological polar surface area (TPSA) is 44.6 Å². The predicted octanol–water partition coefficient (Wildman–Crippen LogP) is 5.92. The van der Waals surface area contributed by atoms with E-state index in [0.29, 0.717) is 5.91 Å². The van der Waals surface area contributed by atoms with Crippen molar-refractivity contribution in [3.63, 3.8) is 0 Å². The highest BCUT2D eigenvalue weighted by atomic mass is 35.5. The van der Waals surface area contributed by atoms with Crippen LogP contribution in [0.3, 0.4) is 0 Å². The monoisotopic (exact) mass is 555 g/mol. The van der Waals surface area contributed by atoms with E-state index in [9.17, 15) is 4.79 Å². The van der Waals surface area contributed by atoms with Crippen molar-refractivity contribution in [3.8, 4) is 0 Å². The maximum Gasteiger partial charge on any atom is 0.227 e. The van der Waals surface area contributed by atoms with Gasteiger partial charge in [-0.1, -0.05) is 53.6 Å². The van der Waals surface area contributed by atoms with E-state index in [2.05, 4.69) is 81.6 Å².